The standard InChI is InChI=1S/C22H32O2Si/c1-6-21(20-15-11-10-12-18(20)2)23-22(24-25(3,4)5)17-16-19-13-8-7-9-14-19/h7-15,21-22H,6,16-17H2,1-5H3/t21-,22?/m1/s1. The van der Waals surface area contributed by atoms with E-state index in [1.165, 1.54) is 16.7 Å². The SMILES string of the molecule is CC[C@@H](OC(CCc1ccccc1)O[Si](C)(C)C)c1ccccc1C. The average Bonchev–Trinajstić information content (AvgIpc) is 2.58. The summed E-state index contributed by atoms with van der Waals surface area (Å²) in [6.45, 7) is 11.0. The zero-order chi connectivity index (χ0) is 18.3. The Bertz CT molecular complexity index is 634. The monoisotopic (exact) mass is 356 g/mol. The third-order valence-electron chi connectivity index (χ3n) is 4.22. The number of hydrogen-bond acceptors (Lipinski definition) is 2. The number of rotatable bonds is 9. The van der Waals surface area contributed by atoms with Crippen LogP contribution in [-0.2, 0) is 15.6 Å². The maximum absolute atomic E-state index is 6.48. The van der Waals surface area contributed by atoms with E-state index in [1.807, 2.05) is 0 Å². The molecule has 1 unspecified atom stereocenters. The summed E-state index contributed by atoms with van der Waals surface area (Å²) in [6, 6.07) is 19.1. The lowest BCUT2D eigenvalue weighted by atomic mass is 10.0. The summed E-state index contributed by atoms with van der Waals surface area (Å²) in [5.41, 5.74) is 3.89. The lowest BCUT2D eigenvalue weighted by Gasteiger charge is -2.30. The molecule has 0 bridgehead atoms. The van der Waals surface area contributed by atoms with Crippen LogP contribution in [0.5, 0.6) is 0 Å². The molecule has 2 aromatic carbocycles. The largest absolute Gasteiger partial charge is 0.393 e. The van der Waals surface area contributed by atoms with E-state index in [4.69, 9.17) is 9.16 Å². The molecule has 0 spiro atoms. The van der Waals surface area contributed by atoms with Gasteiger partial charge in [-0.2, -0.15) is 0 Å². The van der Waals surface area contributed by atoms with Crippen molar-refractivity contribution >= 4 is 8.32 Å². The van der Waals surface area contributed by atoms with Crippen LogP contribution in [0, 0.1) is 6.92 Å². The average molecular weight is 357 g/mol. The highest BCUT2D eigenvalue weighted by Crippen LogP contribution is 2.28. The molecule has 0 fully saturated rings. The molecule has 0 aliphatic heterocycles. The topological polar surface area (TPSA) is 18.5 Å². The Morgan fingerprint density at radius 1 is 0.920 bits per heavy atom. The summed E-state index contributed by atoms with van der Waals surface area (Å²) in [4.78, 5) is 0. The first-order valence-corrected chi connectivity index (χ1v) is 12.7. The van der Waals surface area contributed by atoms with Gasteiger partial charge in [0.25, 0.3) is 0 Å². The molecule has 0 amide bonds. The van der Waals surface area contributed by atoms with E-state index in [0.29, 0.717) is 0 Å². The maximum atomic E-state index is 6.48. The molecule has 2 nitrogen and oxygen atoms in total. The molecule has 2 aromatic rings. The van der Waals surface area contributed by atoms with Crippen LogP contribution < -0.4 is 0 Å². The minimum atomic E-state index is -1.68. The predicted octanol–water partition coefficient (Wildman–Crippen LogP) is 6.27. The summed E-state index contributed by atoms with van der Waals surface area (Å²) in [5, 5.41) is 0. The fourth-order valence-corrected chi connectivity index (χ4v) is 3.96. The molecule has 136 valence electrons. The van der Waals surface area contributed by atoms with Gasteiger partial charge in [0.15, 0.2) is 8.32 Å². The van der Waals surface area contributed by atoms with Crippen molar-refractivity contribution in [2.24, 2.45) is 0 Å². The highest BCUT2D eigenvalue weighted by molar-refractivity contribution is 6.69. The summed E-state index contributed by atoms with van der Waals surface area (Å²) < 4.78 is 12.8. The lowest BCUT2D eigenvalue weighted by molar-refractivity contribution is -0.130. The number of hydrogen-bond donors (Lipinski definition) is 0. The molecule has 2 rings (SSSR count). The molecule has 0 radical (unpaired) electrons. The van der Waals surface area contributed by atoms with Gasteiger partial charge in [0.05, 0.1) is 6.10 Å². The molecular weight excluding hydrogens is 324 g/mol. The second kappa shape index (κ2) is 9.32. The fourth-order valence-electron chi connectivity index (χ4n) is 3.00. The Morgan fingerprint density at radius 3 is 2.16 bits per heavy atom. The minimum absolute atomic E-state index is 0.0818. The van der Waals surface area contributed by atoms with Crippen molar-refractivity contribution in [1.82, 2.24) is 0 Å². The first-order valence-electron chi connectivity index (χ1n) is 9.32. The van der Waals surface area contributed by atoms with Gasteiger partial charge in [-0.3, -0.25) is 0 Å². The Hall–Kier alpha value is -1.42. The van der Waals surface area contributed by atoms with E-state index >= 15 is 0 Å². The zero-order valence-electron chi connectivity index (χ0n) is 16.3. The van der Waals surface area contributed by atoms with Crippen LogP contribution in [0.15, 0.2) is 54.6 Å². The van der Waals surface area contributed by atoms with Gasteiger partial charge < -0.3 is 9.16 Å². The number of aryl methyl sites for hydroxylation is 2. The van der Waals surface area contributed by atoms with Crippen molar-refractivity contribution in [3.8, 4) is 0 Å². The van der Waals surface area contributed by atoms with Crippen molar-refractivity contribution in [2.75, 3.05) is 0 Å². The highest BCUT2D eigenvalue weighted by Gasteiger charge is 2.25. The Labute approximate surface area is 154 Å². The van der Waals surface area contributed by atoms with E-state index in [1.54, 1.807) is 0 Å². The van der Waals surface area contributed by atoms with Crippen molar-refractivity contribution in [1.29, 1.82) is 0 Å². The van der Waals surface area contributed by atoms with Crippen molar-refractivity contribution < 1.29 is 9.16 Å². The van der Waals surface area contributed by atoms with Gasteiger partial charge in [-0.1, -0.05) is 61.5 Å². The van der Waals surface area contributed by atoms with Crippen LogP contribution in [0.4, 0.5) is 0 Å². The van der Waals surface area contributed by atoms with Crippen LogP contribution >= 0.6 is 0 Å². The molecule has 0 aliphatic carbocycles. The predicted molar refractivity (Wildman–Crippen MR) is 108 cm³/mol. The van der Waals surface area contributed by atoms with E-state index < -0.39 is 8.32 Å². The molecule has 0 aliphatic rings. The van der Waals surface area contributed by atoms with Crippen LogP contribution in [0.2, 0.25) is 19.6 Å². The third kappa shape index (κ3) is 6.77. The molecule has 3 heteroatoms. The molecule has 25 heavy (non-hydrogen) atoms. The van der Waals surface area contributed by atoms with Gasteiger partial charge >= 0.3 is 0 Å². The molecule has 0 aromatic heterocycles. The number of ether oxygens (including phenoxy) is 1. The third-order valence-corrected chi connectivity index (χ3v) is 5.19. The first-order chi connectivity index (χ1) is 11.9. The summed E-state index contributed by atoms with van der Waals surface area (Å²) in [5.74, 6) is 0. The molecule has 0 saturated carbocycles. The zero-order valence-corrected chi connectivity index (χ0v) is 17.3. The second-order valence-corrected chi connectivity index (χ2v) is 12.0. The molecule has 0 saturated heterocycles. The van der Waals surface area contributed by atoms with E-state index in [2.05, 4.69) is 88.1 Å². The summed E-state index contributed by atoms with van der Waals surface area (Å²) in [6.07, 6.45) is 2.73. The highest BCUT2D eigenvalue weighted by atomic mass is 28.4. The Kier molecular flexibility index (Phi) is 7.42. The quantitative estimate of drug-likeness (QED) is 0.389. The van der Waals surface area contributed by atoms with Gasteiger partial charge in [0, 0.05) is 6.42 Å². The van der Waals surface area contributed by atoms with Crippen molar-refractivity contribution in [3.05, 3.63) is 71.3 Å². The summed E-state index contributed by atoms with van der Waals surface area (Å²) >= 11 is 0. The van der Waals surface area contributed by atoms with Gasteiger partial charge in [0.2, 0.25) is 0 Å². The van der Waals surface area contributed by atoms with Crippen molar-refractivity contribution in [3.63, 3.8) is 0 Å². The second-order valence-electron chi connectivity index (χ2n) is 7.57. The van der Waals surface area contributed by atoms with E-state index in [0.717, 1.165) is 19.3 Å². The Morgan fingerprint density at radius 2 is 1.56 bits per heavy atom. The van der Waals surface area contributed by atoms with Crippen LogP contribution in [0.3, 0.4) is 0 Å². The normalized spacial score (nSPS) is 14.3. The van der Waals surface area contributed by atoms with Crippen LogP contribution in [0.1, 0.15) is 42.6 Å². The lowest BCUT2D eigenvalue weighted by Crippen LogP contribution is -2.34. The van der Waals surface area contributed by atoms with E-state index in [-0.39, 0.29) is 12.4 Å². The first kappa shape index (κ1) is 19.9. The summed E-state index contributed by atoms with van der Waals surface area (Å²) in [7, 11) is -1.68. The molecule has 0 heterocycles. The van der Waals surface area contributed by atoms with Crippen LogP contribution in [-0.4, -0.2) is 14.6 Å². The minimum Gasteiger partial charge on any atom is -0.393 e. The van der Waals surface area contributed by atoms with Crippen molar-refractivity contribution in [2.45, 2.75) is 65.1 Å². The number of benzene rings is 2. The van der Waals surface area contributed by atoms with Gasteiger partial charge in [0.1, 0.15) is 6.29 Å². The Balaban J connectivity index is 2.09. The van der Waals surface area contributed by atoms with Crippen LogP contribution in [0.25, 0.3) is 0 Å². The molecule has 0 N–H and O–H groups in total. The molecular formula is C22H32O2Si. The smallest absolute Gasteiger partial charge is 0.187 e. The fraction of sp³-hybridized carbons (Fsp3) is 0.455. The van der Waals surface area contributed by atoms with E-state index in [9.17, 15) is 0 Å². The van der Waals surface area contributed by atoms with Gasteiger partial charge in [-0.25, -0.2) is 0 Å². The maximum Gasteiger partial charge on any atom is 0.187 e. The van der Waals surface area contributed by atoms with Gasteiger partial charge in [-0.05, 0) is 56.1 Å². The van der Waals surface area contributed by atoms with Gasteiger partial charge in [-0.15, -0.1) is 0 Å². The molecule has 2 atom stereocenters.